The lowest BCUT2D eigenvalue weighted by Crippen LogP contribution is -2.49. The number of nitrogens with zero attached hydrogens (tertiary/aromatic N) is 1. The number of nitrogens with one attached hydrogen (secondary N) is 1. The monoisotopic (exact) mass is 242 g/mol. The third kappa shape index (κ3) is 4.94. The zero-order valence-electron chi connectivity index (χ0n) is 11.0. The van der Waals surface area contributed by atoms with Gasteiger partial charge in [0.15, 0.2) is 0 Å². The van der Waals surface area contributed by atoms with Crippen LogP contribution in [0.5, 0.6) is 0 Å². The molecule has 4 heteroatoms. The van der Waals surface area contributed by atoms with Crippen LogP contribution in [0.4, 0.5) is 4.79 Å². The molecule has 2 amide bonds. The molecule has 2 N–H and O–H groups in total. The van der Waals surface area contributed by atoms with Crippen LogP contribution in [-0.4, -0.2) is 41.8 Å². The Labute approximate surface area is 104 Å². The second kappa shape index (κ2) is 8.34. The molecule has 0 spiro atoms. The fourth-order valence-corrected chi connectivity index (χ4v) is 2.39. The second-order valence-electron chi connectivity index (χ2n) is 4.79. The number of urea groups is 1. The van der Waals surface area contributed by atoms with Crippen molar-refractivity contribution < 1.29 is 9.90 Å². The van der Waals surface area contributed by atoms with E-state index in [1.807, 2.05) is 4.90 Å². The molecule has 17 heavy (non-hydrogen) atoms. The number of aliphatic hydroxyl groups excluding tert-OH is 1. The molecule has 0 radical (unpaired) electrons. The van der Waals surface area contributed by atoms with Crippen molar-refractivity contribution in [3.63, 3.8) is 0 Å². The second-order valence-corrected chi connectivity index (χ2v) is 4.79. The van der Waals surface area contributed by atoms with Crippen molar-refractivity contribution in [1.29, 1.82) is 0 Å². The molecule has 1 atom stereocenters. The molecule has 0 saturated carbocycles. The third-order valence-electron chi connectivity index (χ3n) is 3.41. The van der Waals surface area contributed by atoms with Gasteiger partial charge in [0.05, 0.1) is 0 Å². The van der Waals surface area contributed by atoms with Gasteiger partial charge >= 0.3 is 6.03 Å². The van der Waals surface area contributed by atoms with Crippen molar-refractivity contribution in [3.05, 3.63) is 0 Å². The number of carbonyl (C=O) groups excluding carboxylic acids is 1. The summed E-state index contributed by atoms with van der Waals surface area (Å²) in [6.45, 7) is 3.94. The van der Waals surface area contributed by atoms with Gasteiger partial charge in [0.1, 0.15) is 0 Å². The van der Waals surface area contributed by atoms with Crippen LogP contribution >= 0.6 is 0 Å². The lowest BCUT2D eigenvalue weighted by Gasteiger charge is -2.35. The molecule has 1 rings (SSSR count). The van der Waals surface area contributed by atoms with Gasteiger partial charge in [-0.1, -0.05) is 19.8 Å². The van der Waals surface area contributed by atoms with Gasteiger partial charge < -0.3 is 15.3 Å². The maximum Gasteiger partial charge on any atom is 0.317 e. The lowest BCUT2D eigenvalue weighted by atomic mass is 10.0. The molecular weight excluding hydrogens is 216 g/mol. The molecule has 1 heterocycles. The van der Waals surface area contributed by atoms with Crippen LogP contribution in [0.1, 0.15) is 51.9 Å². The van der Waals surface area contributed by atoms with Gasteiger partial charge in [-0.2, -0.15) is 0 Å². The van der Waals surface area contributed by atoms with Crippen LogP contribution in [0.3, 0.4) is 0 Å². The molecule has 0 unspecified atom stereocenters. The first-order valence-corrected chi connectivity index (χ1v) is 6.95. The topological polar surface area (TPSA) is 52.6 Å². The highest BCUT2D eigenvalue weighted by molar-refractivity contribution is 5.74. The zero-order valence-corrected chi connectivity index (χ0v) is 11.0. The number of hydrogen-bond acceptors (Lipinski definition) is 2. The Balaban J connectivity index is 2.31. The van der Waals surface area contributed by atoms with Crippen molar-refractivity contribution in [3.8, 4) is 0 Å². The number of piperidine rings is 1. The summed E-state index contributed by atoms with van der Waals surface area (Å²) in [5.74, 6) is 0. The van der Waals surface area contributed by atoms with Crippen molar-refractivity contribution in [2.24, 2.45) is 0 Å². The number of carbonyl (C=O) groups is 1. The number of likely N-dealkylation sites (tertiary alicyclic amines) is 1. The van der Waals surface area contributed by atoms with Crippen LogP contribution in [0.25, 0.3) is 0 Å². The quantitative estimate of drug-likeness (QED) is 0.701. The molecule has 1 fully saturated rings. The summed E-state index contributed by atoms with van der Waals surface area (Å²) in [5, 5.41) is 12.0. The van der Waals surface area contributed by atoms with E-state index in [1.165, 1.54) is 19.3 Å². The van der Waals surface area contributed by atoms with Crippen LogP contribution < -0.4 is 5.32 Å². The van der Waals surface area contributed by atoms with E-state index in [0.717, 1.165) is 32.4 Å². The van der Waals surface area contributed by atoms with Gasteiger partial charge in [0.2, 0.25) is 0 Å². The highest BCUT2D eigenvalue weighted by Gasteiger charge is 2.25. The van der Waals surface area contributed by atoms with Gasteiger partial charge in [-0.15, -0.1) is 0 Å². The van der Waals surface area contributed by atoms with E-state index >= 15 is 0 Å². The first kappa shape index (κ1) is 14.3. The molecule has 1 saturated heterocycles. The summed E-state index contributed by atoms with van der Waals surface area (Å²) in [7, 11) is 0. The highest BCUT2D eigenvalue weighted by atomic mass is 16.3. The van der Waals surface area contributed by atoms with Gasteiger partial charge in [-0.05, 0) is 32.1 Å². The summed E-state index contributed by atoms with van der Waals surface area (Å²) in [4.78, 5) is 13.9. The third-order valence-corrected chi connectivity index (χ3v) is 3.41. The fourth-order valence-electron chi connectivity index (χ4n) is 2.39. The fraction of sp³-hybridized carbons (Fsp3) is 0.923. The first-order chi connectivity index (χ1) is 8.29. The highest BCUT2D eigenvalue weighted by Crippen LogP contribution is 2.19. The summed E-state index contributed by atoms with van der Waals surface area (Å²) < 4.78 is 0. The Morgan fingerprint density at radius 2 is 2.24 bits per heavy atom. The van der Waals surface area contributed by atoms with E-state index in [9.17, 15) is 4.79 Å². The van der Waals surface area contributed by atoms with Crippen molar-refractivity contribution in [2.45, 2.75) is 57.9 Å². The maximum absolute atomic E-state index is 12.0. The van der Waals surface area contributed by atoms with Crippen LogP contribution in [0.2, 0.25) is 0 Å². The Morgan fingerprint density at radius 3 is 2.94 bits per heavy atom. The van der Waals surface area contributed by atoms with E-state index in [2.05, 4.69) is 12.2 Å². The molecule has 0 bridgehead atoms. The van der Waals surface area contributed by atoms with E-state index < -0.39 is 0 Å². The van der Waals surface area contributed by atoms with E-state index in [-0.39, 0.29) is 18.7 Å². The summed E-state index contributed by atoms with van der Waals surface area (Å²) in [5.41, 5.74) is 0. The van der Waals surface area contributed by atoms with Gasteiger partial charge in [0.25, 0.3) is 0 Å². The minimum Gasteiger partial charge on any atom is -0.396 e. The first-order valence-electron chi connectivity index (χ1n) is 6.95. The average Bonchev–Trinajstić information content (AvgIpc) is 2.35. The Morgan fingerprint density at radius 1 is 1.41 bits per heavy atom. The normalized spacial score (nSPS) is 20.4. The van der Waals surface area contributed by atoms with Crippen molar-refractivity contribution in [2.75, 3.05) is 19.7 Å². The van der Waals surface area contributed by atoms with Gasteiger partial charge in [0, 0.05) is 25.7 Å². The van der Waals surface area contributed by atoms with Crippen LogP contribution in [-0.2, 0) is 0 Å². The predicted molar refractivity (Wildman–Crippen MR) is 69.0 cm³/mol. The van der Waals surface area contributed by atoms with E-state index in [1.54, 1.807) is 0 Å². The largest absolute Gasteiger partial charge is 0.396 e. The molecule has 1 aliphatic rings. The minimum absolute atomic E-state index is 0.0549. The molecule has 1 aliphatic heterocycles. The molecular formula is C13H26N2O2. The number of hydrogen-bond donors (Lipinski definition) is 2. The SMILES string of the molecule is CCCCCNC(=O)N1CCCC[C@@H]1CCO. The van der Waals surface area contributed by atoms with Gasteiger partial charge in [-0.25, -0.2) is 4.79 Å². The standard InChI is InChI=1S/C13H26N2O2/c1-2-3-5-9-14-13(17)15-10-6-4-7-12(15)8-11-16/h12,16H,2-11H2,1H3,(H,14,17)/t12-/m1/s1. The summed E-state index contributed by atoms with van der Waals surface area (Å²) >= 11 is 0. The van der Waals surface area contributed by atoms with E-state index in [4.69, 9.17) is 5.11 Å². The van der Waals surface area contributed by atoms with Crippen molar-refractivity contribution in [1.82, 2.24) is 10.2 Å². The Bertz CT molecular complexity index is 219. The zero-order chi connectivity index (χ0) is 12.5. The number of unbranched alkanes of at least 4 members (excludes halogenated alkanes) is 2. The van der Waals surface area contributed by atoms with Gasteiger partial charge in [-0.3, -0.25) is 0 Å². The number of rotatable bonds is 6. The molecule has 0 aromatic carbocycles. The van der Waals surface area contributed by atoms with Crippen molar-refractivity contribution >= 4 is 6.03 Å². The summed E-state index contributed by atoms with van der Waals surface area (Å²) in [6.07, 6.45) is 7.40. The lowest BCUT2D eigenvalue weighted by molar-refractivity contribution is 0.132. The van der Waals surface area contributed by atoms with E-state index in [0.29, 0.717) is 6.42 Å². The molecule has 4 nitrogen and oxygen atoms in total. The van der Waals surface area contributed by atoms with Crippen LogP contribution in [0.15, 0.2) is 0 Å². The molecule has 100 valence electrons. The molecule has 0 aromatic heterocycles. The molecule has 0 aliphatic carbocycles. The Kier molecular flexibility index (Phi) is 7.01. The minimum atomic E-state index is 0.0549. The summed E-state index contributed by atoms with van der Waals surface area (Å²) in [6, 6.07) is 0.291. The number of aliphatic hydroxyl groups is 1. The smallest absolute Gasteiger partial charge is 0.317 e. The van der Waals surface area contributed by atoms with Crippen LogP contribution in [0, 0.1) is 0 Å². The molecule has 0 aromatic rings. The predicted octanol–water partition coefficient (Wildman–Crippen LogP) is 2.12. The number of amides is 2. The average molecular weight is 242 g/mol. The Hall–Kier alpha value is -0.770. The maximum atomic E-state index is 12.0.